The van der Waals surface area contributed by atoms with E-state index in [-0.39, 0.29) is 6.61 Å². The second kappa shape index (κ2) is 5.80. The van der Waals surface area contributed by atoms with Crippen LogP contribution in [0.4, 0.5) is 5.69 Å². The summed E-state index contributed by atoms with van der Waals surface area (Å²) in [5, 5.41) is 2.29. The summed E-state index contributed by atoms with van der Waals surface area (Å²) in [6.07, 6.45) is 3.50. The van der Waals surface area contributed by atoms with Crippen LogP contribution in [-0.2, 0) is 17.8 Å². The Morgan fingerprint density at radius 1 is 1.22 bits per heavy atom. The Kier molecular flexibility index (Phi) is 3.50. The lowest BCUT2D eigenvalue weighted by molar-refractivity contribution is -0.109. The van der Waals surface area contributed by atoms with E-state index in [9.17, 15) is 4.79 Å². The molecule has 0 spiro atoms. The molecule has 4 heteroatoms. The highest BCUT2D eigenvalue weighted by Crippen LogP contribution is 2.35. The van der Waals surface area contributed by atoms with Crippen molar-refractivity contribution in [1.29, 1.82) is 0 Å². The Labute approximate surface area is 134 Å². The van der Waals surface area contributed by atoms with Crippen LogP contribution in [-0.4, -0.2) is 19.4 Å². The molecule has 0 aliphatic carbocycles. The zero-order valence-electron chi connectivity index (χ0n) is 12.7. The van der Waals surface area contributed by atoms with Crippen molar-refractivity contribution in [3.05, 3.63) is 60.1 Å². The summed E-state index contributed by atoms with van der Waals surface area (Å²) >= 11 is 0. The number of aldehydes is 1. The second-order valence-corrected chi connectivity index (χ2v) is 5.68. The molecule has 4 nitrogen and oxygen atoms in total. The standard InChI is InChI=1S/C19H17NO3/c21-8-10-22-16-11-15-3-1-2-4-17(15)18(12-16)20-7-5-14-6-9-23-19(14)13-20/h1-4,6,8-9,11-12H,5,7,10,13H2. The average molecular weight is 307 g/mol. The van der Waals surface area contributed by atoms with E-state index in [1.807, 2.05) is 30.3 Å². The van der Waals surface area contributed by atoms with E-state index in [0.29, 0.717) is 0 Å². The maximum Gasteiger partial charge on any atom is 0.157 e. The lowest BCUT2D eigenvalue weighted by atomic mass is 10.0. The van der Waals surface area contributed by atoms with Crippen LogP contribution in [0, 0.1) is 0 Å². The maximum atomic E-state index is 10.6. The third-order valence-electron chi connectivity index (χ3n) is 4.30. The Bertz CT molecular complexity index is 853. The van der Waals surface area contributed by atoms with Gasteiger partial charge < -0.3 is 14.1 Å². The fourth-order valence-electron chi connectivity index (χ4n) is 3.18. The molecule has 1 aliphatic rings. The van der Waals surface area contributed by atoms with Crippen molar-refractivity contribution in [3.63, 3.8) is 0 Å². The molecule has 0 bridgehead atoms. The Balaban J connectivity index is 1.77. The number of fused-ring (bicyclic) bond motifs is 2. The molecular formula is C19H17NO3. The predicted molar refractivity (Wildman–Crippen MR) is 89.0 cm³/mol. The fourth-order valence-corrected chi connectivity index (χ4v) is 3.18. The van der Waals surface area contributed by atoms with Crippen LogP contribution in [0.15, 0.2) is 53.1 Å². The normalized spacial score (nSPS) is 13.8. The summed E-state index contributed by atoms with van der Waals surface area (Å²) in [5.41, 5.74) is 2.41. The van der Waals surface area contributed by atoms with Crippen LogP contribution in [0.5, 0.6) is 5.75 Å². The second-order valence-electron chi connectivity index (χ2n) is 5.68. The third kappa shape index (κ3) is 2.57. The van der Waals surface area contributed by atoms with Crippen molar-refractivity contribution < 1.29 is 13.9 Å². The van der Waals surface area contributed by atoms with Gasteiger partial charge in [0.2, 0.25) is 0 Å². The van der Waals surface area contributed by atoms with Crippen molar-refractivity contribution >= 4 is 22.7 Å². The number of furan rings is 1. The minimum Gasteiger partial charge on any atom is -0.486 e. The summed E-state index contributed by atoms with van der Waals surface area (Å²) in [5.74, 6) is 1.75. The molecule has 2 aromatic carbocycles. The van der Waals surface area contributed by atoms with Gasteiger partial charge in [-0.2, -0.15) is 0 Å². The number of hydrogen-bond donors (Lipinski definition) is 0. The molecular weight excluding hydrogens is 290 g/mol. The minimum absolute atomic E-state index is 0.0696. The lowest BCUT2D eigenvalue weighted by Gasteiger charge is -2.29. The molecule has 0 saturated carbocycles. The lowest BCUT2D eigenvalue weighted by Crippen LogP contribution is -2.29. The van der Waals surface area contributed by atoms with Crippen molar-refractivity contribution in [2.24, 2.45) is 0 Å². The summed E-state index contributed by atoms with van der Waals surface area (Å²) in [4.78, 5) is 12.9. The van der Waals surface area contributed by atoms with Crippen molar-refractivity contribution in [3.8, 4) is 5.75 Å². The van der Waals surface area contributed by atoms with Gasteiger partial charge in [0.05, 0.1) is 12.8 Å². The van der Waals surface area contributed by atoms with E-state index >= 15 is 0 Å². The topological polar surface area (TPSA) is 42.7 Å². The van der Waals surface area contributed by atoms with Gasteiger partial charge in [-0.15, -0.1) is 0 Å². The molecule has 4 rings (SSSR count). The molecule has 1 aliphatic heterocycles. The van der Waals surface area contributed by atoms with Crippen LogP contribution in [0.25, 0.3) is 10.8 Å². The number of carbonyl (C=O) groups is 1. The number of anilines is 1. The van der Waals surface area contributed by atoms with Gasteiger partial charge in [-0.05, 0) is 29.5 Å². The van der Waals surface area contributed by atoms with Gasteiger partial charge in [-0.3, -0.25) is 4.79 Å². The average Bonchev–Trinajstić information content (AvgIpc) is 3.07. The Morgan fingerprint density at radius 3 is 3.04 bits per heavy atom. The molecule has 23 heavy (non-hydrogen) atoms. The molecule has 116 valence electrons. The zero-order chi connectivity index (χ0) is 15.6. The van der Waals surface area contributed by atoms with Gasteiger partial charge in [-0.25, -0.2) is 0 Å². The summed E-state index contributed by atoms with van der Waals surface area (Å²) in [7, 11) is 0. The van der Waals surface area contributed by atoms with Crippen LogP contribution in [0.2, 0.25) is 0 Å². The monoisotopic (exact) mass is 307 g/mol. The van der Waals surface area contributed by atoms with Crippen LogP contribution in [0.1, 0.15) is 11.3 Å². The molecule has 0 atom stereocenters. The predicted octanol–water partition coefficient (Wildman–Crippen LogP) is 3.57. The molecule has 3 aromatic rings. The highest BCUT2D eigenvalue weighted by Gasteiger charge is 2.21. The summed E-state index contributed by atoms with van der Waals surface area (Å²) in [6, 6.07) is 14.3. The smallest absolute Gasteiger partial charge is 0.157 e. The van der Waals surface area contributed by atoms with Crippen molar-refractivity contribution in [2.75, 3.05) is 18.1 Å². The number of nitrogens with zero attached hydrogens (tertiary/aromatic N) is 1. The van der Waals surface area contributed by atoms with Gasteiger partial charge in [0.15, 0.2) is 6.29 Å². The molecule has 0 amide bonds. The van der Waals surface area contributed by atoms with Crippen LogP contribution >= 0.6 is 0 Å². The molecule has 1 aromatic heterocycles. The van der Waals surface area contributed by atoms with Gasteiger partial charge >= 0.3 is 0 Å². The molecule has 0 fully saturated rings. The molecule has 0 radical (unpaired) electrons. The van der Waals surface area contributed by atoms with E-state index in [0.717, 1.165) is 48.4 Å². The van der Waals surface area contributed by atoms with E-state index in [2.05, 4.69) is 17.0 Å². The molecule has 0 unspecified atom stereocenters. The van der Waals surface area contributed by atoms with E-state index in [1.165, 1.54) is 10.9 Å². The first-order valence-corrected chi connectivity index (χ1v) is 7.74. The summed E-state index contributed by atoms with van der Waals surface area (Å²) < 4.78 is 11.1. The Hall–Kier alpha value is -2.75. The number of benzene rings is 2. The highest BCUT2D eigenvalue weighted by molar-refractivity contribution is 5.95. The maximum absolute atomic E-state index is 10.6. The van der Waals surface area contributed by atoms with Gasteiger partial charge in [0.25, 0.3) is 0 Å². The first-order chi connectivity index (χ1) is 11.3. The number of hydrogen-bond acceptors (Lipinski definition) is 4. The first kappa shape index (κ1) is 13.9. The fraction of sp³-hybridized carbons (Fsp3) is 0.211. The van der Waals surface area contributed by atoms with Crippen LogP contribution < -0.4 is 9.64 Å². The molecule has 0 N–H and O–H groups in total. The van der Waals surface area contributed by atoms with Crippen molar-refractivity contribution in [1.82, 2.24) is 0 Å². The molecule has 0 saturated heterocycles. The number of rotatable bonds is 4. The number of carbonyl (C=O) groups excluding carboxylic acids is 1. The van der Waals surface area contributed by atoms with E-state index in [1.54, 1.807) is 6.26 Å². The van der Waals surface area contributed by atoms with Crippen LogP contribution in [0.3, 0.4) is 0 Å². The first-order valence-electron chi connectivity index (χ1n) is 7.74. The third-order valence-corrected chi connectivity index (χ3v) is 4.30. The quantitative estimate of drug-likeness (QED) is 0.691. The number of ether oxygens (including phenoxy) is 1. The summed E-state index contributed by atoms with van der Waals surface area (Å²) in [6.45, 7) is 1.76. The molecule has 2 heterocycles. The largest absolute Gasteiger partial charge is 0.486 e. The highest BCUT2D eigenvalue weighted by atomic mass is 16.5. The Morgan fingerprint density at radius 2 is 2.13 bits per heavy atom. The van der Waals surface area contributed by atoms with Gasteiger partial charge in [0, 0.05) is 23.7 Å². The van der Waals surface area contributed by atoms with E-state index < -0.39 is 0 Å². The van der Waals surface area contributed by atoms with Gasteiger partial charge in [0.1, 0.15) is 18.1 Å². The zero-order valence-corrected chi connectivity index (χ0v) is 12.7. The van der Waals surface area contributed by atoms with E-state index in [4.69, 9.17) is 9.15 Å². The SMILES string of the molecule is O=CCOc1cc(N2CCc3ccoc3C2)c2ccccc2c1. The minimum atomic E-state index is 0.0696. The van der Waals surface area contributed by atoms with Crippen molar-refractivity contribution in [2.45, 2.75) is 13.0 Å². The van der Waals surface area contributed by atoms with Gasteiger partial charge in [-0.1, -0.05) is 24.3 Å².